The minimum absolute atomic E-state index is 0.246. The number of sulfone groups is 1. The van der Waals surface area contributed by atoms with Crippen molar-refractivity contribution in [3.8, 4) is 0 Å². The Hall–Kier alpha value is -1.66. The molecule has 0 aliphatic heterocycles. The maximum absolute atomic E-state index is 11.4. The summed E-state index contributed by atoms with van der Waals surface area (Å²) in [7, 11) is -3.13. The van der Waals surface area contributed by atoms with E-state index in [4.69, 9.17) is 0 Å². The maximum atomic E-state index is 11.4. The van der Waals surface area contributed by atoms with Gasteiger partial charge in [-0.1, -0.05) is 12.1 Å². The van der Waals surface area contributed by atoms with Crippen molar-refractivity contribution in [1.29, 1.82) is 0 Å². The first-order valence-electron chi connectivity index (χ1n) is 6.89. The molecule has 1 aromatic carbocycles. The average Bonchev–Trinajstić information content (AvgIpc) is 2.97. The Morgan fingerprint density at radius 3 is 2.43 bits per heavy atom. The second kappa shape index (κ2) is 6.41. The molecule has 1 heterocycles. The zero-order valence-corrected chi connectivity index (χ0v) is 13.3. The molecule has 0 fully saturated rings. The van der Waals surface area contributed by atoms with Crippen molar-refractivity contribution in [2.45, 2.75) is 37.4 Å². The van der Waals surface area contributed by atoms with Crippen molar-refractivity contribution in [2.75, 3.05) is 6.26 Å². The lowest BCUT2D eigenvalue weighted by Gasteiger charge is -2.21. The van der Waals surface area contributed by atoms with Crippen LogP contribution >= 0.6 is 0 Å². The topological polar surface area (TPSA) is 64.0 Å². The highest BCUT2D eigenvalue weighted by Crippen LogP contribution is 2.12. The van der Waals surface area contributed by atoms with Gasteiger partial charge >= 0.3 is 0 Å². The standard InChI is InChI=1S/C15H21N3O2S/c1-12(13(2)18-10-4-9-17-18)16-11-14-5-7-15(8-6-14)21(3,19)20/h4-10,12-13,16H,11H2,1-3H3/t12-,13-/m1/s1. The molecule has 0 aliphatic carbocycles. The Balaban J connectivity index is 1.94. The summed E-state index contributed by atoms with van der Waals surface area (Å²) in [5.74, 6) is 0. The number of nitrogens with one attached hydrogen (secondary N) is 1. The fourth-order valence-corrected chi connectivity index (χ4v) is 2.69. The predicted octanol–water partition coefficient (Wildman–Crippen LogP) is 2.03. The van der Waals surface area contributed by atoms with Crippen molar-refractivity contribution in [1.82, 2.24) is 15.1 Å². The van der Waals surface area contributed by atoms with Gasteiger partial charge in [-0.15, -0.1) is 0 Å². The molecule has 0 bridgehead atoms. The Morgan fingerprint density at radius 2 is 1.90 bits per heavy atom. The van der Waals surface area contributed by atoms with Gasteiger partial charge < -0.3 is 5.32 Å². The first-order chi connectivity index (χ1) is 9.88. The maximum Gasteiger partial charge on any atom is 0.175 e. The monoisotopic (exact) mass is 307 g/mol. The van der Waals surface area contributed by atoms with E-state index in [9.17, 15) is 8.42 Å². The molecule has 21 heavy (non-hydrogen) atoms. The molecule has 0 saturated heterocycles. The van der Waals surface area contributed by atoms with Gasteiger partial charge in [0.15, 0.2) is 9.84 Å². The highest BCUT2D eigenvalue weighted by Gasteiger charge is 2.13. The average molecular weight is 307 g/mol. The lowest BCUT2D eigenvalue weighted by molar-refractivity contribution is 0.365. The lowest BCUT2D eigenvalue weighted by Crippen LogP contribution is -2.33. The van der Waals surface area contributed by atoms with Gasteiger partial charge in [0.2, 0.25) is 0 Å². The van der Waals surface area contributed by atoms with Crippen LogP contribution in [-0.2, 0) is 16.4 Å². The minimum Gasteiger partial charge on any atom is -0.308 e. The molecular weight excluding hydrogens is 286 g/mol. The molecule has 0 saturated carbocycles. The number of rotatable bonds is 6. The van der Waals surface area contributed by atoms with Gasteiger partial charge in [-0.25, -0.2) is 8.42 Å². The van der Waals surface area contributed by atoms with Crippen LogP contribution in [0.15, 0.2) is 47.6 Å². The molecular formula is C15H21N3O2S. The van der Waals surface area contributed by atoms with E-state index < -0.39 is 9.84 Å². The van der Waals surface area contributed by atoms with E-state index in [0.717, 1.165) is 5.56 Å². The normalized spacial score (nSPS) is 14.8. The summed E-state index contributed by atoms with van der Waals surface area (Å²) in [6.45, 7) is 4.91. The summed E-state index contributed by atoms with van der Waals surface area (Å²) in [6.07, 6.45) is 4.94. The molecule has 0 aliphatic rings. The molecule has 5 nitrogen and oxygen atoms in total. The van der Waals surface area contributed by atoms with Crippen LogP contribution in [0.5, 0.6) is 0 Å². The van der Waals surface area contributed by atoms with Crippen molar-refractivity contribution in [2.24, 2.45) is 0 Å². The molecule has 2 rings (SSSR count). The third kappa shape index (κ3) is 4.15. The molecule has 114 valence electrons. The van der Waals surface area contributed by atoms with E-state index in [1.807, 2.05) is 29.1 Å². The second-order valence-corrected chi connectivity index (χ2v) is 7.33. The van der Waals surface area contributed by atoms with Crippen LogP contribution in [0.2, 0.25) is 0 Å². The zero-order valence-electron chi connectivity index (χ0n) is 12.5. The minimum atomic E-state index is -3.13. The van der Waals surface area contributed by atoms with Crippen LogP contribution in [0.25, 0.3) is 0 Å². The quantitative estimate of drug-likeness (QED) is 0.887. The van der Waals surface area contributed by atoms with Crippen LogP contribution in [0.3, 0.4) is 0 Å². The summed E-state index contributed by atoms with van der Waals surface area (Å²) in [5.41, 5.74) is 1.06. The number of aromatic nitrogens is 2. The van der Waals surface area contributed by atoms with Crippen LogP contribution in [0.4, 0.5) is 0 Å². The summed E-state index contributed by atoms with van der Waals surface area (Å²) in [6, 6.07) is 9.38. The third-order valence-electron chi connectivity index (χ3n) is 3.65. The Bertz CT molecular complexity index is 663. The smallest absolute Gasteiger partial charge is 0.175 e. The lowest BCUT2D eigenvalue weighted by atomic mass is 10.1. The van der Waals surface area contributed by atoms with Crippen molar-refractivity contribution in [3.63, 3.8) is 0 Å². The van der Waals surface area contributed by atoms with Crippen molar-refractivity contribution in [3.05, 3.63) is 48.3 Å². The SMILES string of the molecule is C[C@H]([C@@H](C)NCc1ccc(S(C)(=O)=O)cc1)n1cccn1. The molecule has 1 aromatic heterocycles. The van der Waals surface area contributed by atoms with Gasteiger partial charge in [-0.05, 0) is 37.6 Å². The summed E-state index contributed by atoms with van der Waals surface area (Å²) < 4.78 is 24.7. The molecule has 0 radical (unpaired) electrons. The second-order valence-electron chi connectivity index (χ2n) is 5.31. The Labute approximate surface area is 125 Å². The van der Waals surface area contributed by atoms with Gasteiger partial charge in [0.1, 0.15) is 0 Å². The van der Waals surface area contributed by atoms with E-state index >= 15 is 0 Å². The largest absolute Gasteiger partial charge is 0.308 e. The summed E-state index contributed by atoms with van der Waals surface area (Å²) >= 11 is 0. The fraction of sp³-hybridized carbons (Fsp3) is 0.400. The van der Waals surface area contributed by atoms with Gasteiger partial charge in [0.05, 0.1) is 10.9 Å². The molecule has 6 heteroatoms. The summed E-state index contributed by atoms with van der Waals surface area (Å²) in [4.78, 5) is 0.351. The Kier molecular flexibility index (Phi) is 4.80. The first-order valence-corrected chi connectivity index (χ1v) is 8.78. The fourth-order valence-electron chi connectivity index (χ4n) is 2.05. The van der Waals surface area contributed by atoms with Crippen LogP contribution in [0.1, 0.15) is 25.5 Å². The van der Waals surface area contributed by atoms with E-state index in [0.29, 0.717) is 11.4 Å². The molecule has 0 spiro atoms. The molecule has 0 unspecified atom stereocenters. The van der Waals surface area contributed by atoms with E-state index in [1.165, 1.54) is 6.26 Å². The van der Waals surface area contributed by atoms with Gasteiger partial charge in [0.25, 0.3) is 0 Å². The summed E-state index contributed by atoms with van der Waals surface area (Å²) in [5, 5.41) is 7.68. The van der Waals surface area contributed by atoms with E-state index in [-0.39, 0.29) is 12.1 Å². The third-order valence-corrected chi connectivity index (χ3v) is 4.77. The number of benzene rings is 1. The van der Waals surface area contributed by atoms with Crippen LogP contribution < -0.4 is 5.32 Å². The van der Waals surface area contributed by atoms with E-state index in [1.54, 1.807) is 18.3 Å². The van der Waals surface area contributed by atoms with Crippen molar-refractivity contribution < 1.29 is 8.42 Å². The molecule has 0 amide bonds. The molecule has 1 N–H and O–H groups in total. The highest BCUT2D eigenvalue weighted by molar-refractivity contribution is 7.90. The van der Waals surface area contributed by atoms with Gasteiger partial charge in [-0.2, -0.15) is 5.10 Å². The molecule has 2 atom stereocenters. The number of nitrogens with zero attached hydrogens (tertiary/aromatic N) is 2. The van der Waals surface area contributed by atoms with Crippen LogP contribution in [0, 0.1) is 0 Å². The van der Waals surface area contributed by atoms with Crippen LogP contribution in [-0.4, -0.2) is 30.5 Å². The van der Waals surface area contributed by atoms with Gasteiger partial charge in [-0.3, -0.25) is 4.68 Å². The zero-order chi connectivity index (χ0) is 15.5. The number of hydrogen-bond donors (Lipinski definition) is 1. The first kappa shape index (κ1) is 15.7. The highest BCUT2D eigenvalue weighted by atomic mass is 32.2. The number of hydrogen-bond acceptors (Lipinski definition) is 4. The predicted molar refractivity (Wildman–Crippen MR) is 82.8 cm³/mol. The van der Waals surface area contributed by atoms with Gasteiger partial charge in [0, 0.05) is 31.2 Å². The van der Waals surface area contributed by atoms with Crippen molar-refractivity contribution >= 4 is 9.84 Å². The molecule has 2 aromatic rings. The Morgan fingerprint density at radius 1 is 1.24 bits per heavy atom. The van der Waals surface area contributed by atoms with E-state index in [2.05, 4.69) is 24.3 Å².